The summed E-state index contributed by atoms with van der Waals surface area (Å²) in [5.41, 5.74) is -0.444. The third kappa shape index (κ3) is 2.49. The van der Waals surface area contributed by atoms with Crippen molar-refractivity contribution in [2.75, 3.05) is 18.0 Å². The summed E-state index contributed by atoms with van der Waals surface area (Å²) in [5, 5.41) is 18.5. The Morgan fingerprint density at radius 1 is 1.68 bits per heavy atom. The minimum absolute atomic E-state index is 0.291. The second-order valence-corrected chi connectivity index (χ2v) is 5.38. The number of hydrogen-bond donors (Lipinski definition) is 1. The lowest BCUT2D eigenvalue weighted by atomic mass is 9.82. The van der Waals surface area contributed by atoms with Crippen LogP contribution >= 0.6 is 11.6 Å². The van der Waals surface area contributed by atoms with Crippen molar-refractivity contribution in [1.82, 2.24) is 4.98 Å². The van der Waals surface area contributed by atoms with E-state index in [0.29, 0.717) is 35.9 Å². The van der Waals surface area contributed by atoms with E-state index in [1.165, 1.54) is 6.20 Å². The normalized spacial score (nSPS) is 22.9. The van der Waals surface area contributed by atoms with E-state index in [-0.39, 0.29) is 0 Å². The standard InChI is InChI=1S/C13H14ClN3O2/c1-13(12(18)19)4-2-6-17(8-13)11-10(14)9(7-15)3-5-16-11/h3,5H,2,4,6,8H2,1H3,(H,18,19). The average Bonchev–Trinajstić information content (AvgIpc) is 2.39. The summed E-state index contributed by atoms with van der Waals surface area (Å²) in [5.74, 6) is -0.322. The number of aromatic nitrogens is 1. The topological polar surface area (TPSA) is 77.2 Å². The van der Waals surface area contributed by atoms with Crippen molar-refractivity contribution in [2.45, 2.75) is 19.8 Å². The quantitative estimate of drug-likeness (QED) is 0.899. The van der Waals surface area contributed by atoms with Crippen LogP contribution in [0.4, 0.5) is 5.82 Å². The number of carboxylic acid groups (broad SMARTS) is 1. The van der Waals surface area contributed by atoms with Crippen molar-refractivity contribution in [2.24, 2.45) is 5.41 Å². The molecule has 1 fully saturated rings. The molecule has 0 radical (unpaired) electrons. The van der Waals surface area contributed by atoms with Crippen molar-refractivity contribution in [3.8, 4) is 6.07 Å². The molecule has 1 aliphatic rings. The number of nitriles is 1. The van der Waals surface area contributed by atoms with E-state index in [2.05, 4.69) is 4.98 Å². The smallest absolute Gasteiger partial charge is 0.311 e. The number of aliphatic carboxylic acids is 1. The number of pyridine rings is 1. The van der Waals surface area contributed by atoms with Crippen LogP contribution in [0.1, 0.15) is 25.3 Å². The molecule has 0 aliphatic carbocycles. The van der Waals surface area contributed by atoms with Gasteiger partial charge in [-0.15, -0.1) is 0 Å². The number of nitrogens with zero attached hydrogens (tertiary/aromatic N) is 3. The molecular formula is C13H14ClN3O2. The van der Waals surface area contributed by atoms with E-state index >= 15 is 0 Å². The molecule has 0 amide bonds. The minimum Gasteiger partial charge on any atom is -0.481 e. The fourth-order valence-corrected chi connectivity index (χ4v) is 2.61. The highest BCUT2D eigenvalue weighted by atomic mass is 35.5. The van der Waals surface area contributed by atoms with Crippen LogP contribution in [0.3, 0.4) is 0 Å². The molecule has 0 spiro atoms. The zero-order valence-corrected chi connectivity index (χ0v) is 11.3. The summed E-state index contributed by atoms with van der Waals surface area (Å²) in [6.07, 6.45) is 2.92. The van der Waals surface area contributed by atoms with Crippen molar-refractivity contribution in [1.29, 1.82) is 5.26 Å². The summed E-state index contributed by atoms with van der Waals surface area (Å²) in [4.78, 5) is 17.4. The van der Waals surface area contributed by atoms with Crippen LogP contribution in [0.25, 0.3) is 0 Å². The Bertz CT molecular complexity index is 555. The molecule has 1 unspecified atom stereocenters. The van der Waals surface area contributed by atoms with Gasteiger partial charge in [0.2, 0.25) is 0 Å². The predicted octanol–water partition coefficient (Wildman–Crippen LogP) is 2.30. The number of piperidine rings is 1. The molecule has 1 saturated heterocycles. The maximum Gasteiger partial charge on any atom is 0.311 e. The number of hydrogen-bond acceptors (Lipinski definition) is 4. The molecule has 1 N–H and O–H groups in total. The Kier molecular flexibility index (Phi) is 3.63. The number of rotatable bonds is 2. The molecule has 1 aliphatic heterocycles. The van der Waals surface area contributed by atoms with Crippen LogP contribution in [0, 0.1) is 16.7 Å². The lowest BCUT2D eigenvalue weighted by molar-refractivity contribution is -0.148. The van der Waals surface area contributed by atoms with Gasteiger partial charge in [0, 0.05) is 19.3 Å². The lowest BCUT2D eigenvalue weighted by Crippen LogP contribution is -2.46. The van der Waals surface area contributed by atoms with Gasteiger partial charge in [0.05, 0.1) is 11.0 Å². The van der Waals surface area contributed by atoms with Crippen molar-refractivity contribution in [3.05, 3.63) is 22.8 Å². The molecule has 5 nitrogen and oxygen atoms in total. The van der Waals surface area contributed by atoms with Gasteiger partial charge in [-0.3, -0.25) is 4.79 Å². The molecule has 0 aromatic carbocycles. The summed E-state index contributed by atoms with van der Waals surface area (Å²) < 4.78 is 0. The molecule has 1 atom stereocenters. The minimum atomic E-state index is -0.815. The Balaban J connectivity index is 2.33. The van der Waals surface area contributed by atoms with E-state index in [0.717, 1.165) is 6.42 Å². The van der Waals surface area contributed by atoms with Gasteiger partial charge in [-0.1, -0.05) is 11.6 Å². The molecule has 0 saturated carbocycles. The third-order valence-electron chi connectivity index (χ3n) is 3.50. The first-order chi connectivity index (χ1) is 8.98. The molecule has 1 aromatic rings. The average molecular weight is 280 g/mol. The van der Waals surface area contributed by atoms with Gasteiger partial charge in [0.1, 0.15) is 16.9 Å². The van der Waals surface area contributed by atoms with Crippen molar-refractivity contribution in [3.63, 3.8) is 0 Å². The Morgan fingerprint density at radius 3 is 3.05 bits per heavy atom. The Hall–Kier alpha value is -1.80. The fraction of sp³-hybridized carbons (Fsp3) is 0.462. The summed E-state index contributed by atoms with van der Waals surface area (Å²) in [6.45, 7) is 2.78. The molecule has 100 valence electrons. The van der Waals surface area contributed by atoms with Crippen LogP contribution in [-0.4, -0.2) is 29.1 Å². The first-order valence-corrected chi connectivity index (χ1v) is 6.39. The monoisotopic (exact) mass is 279 g/mol. The zero-order chi connectivity index (χ0) is 14.0. The van der Waals surface area contributed by atoms with Crippen LogP contribution in [0.2, 0.25) is 5.02 Å². The maximum atomic E-state index is 11.3. The number of anilines is 1. The molecule has 1 aromatic heterocycles. The SMILES string of the molecule is CC1(C(=O)O)CCCN(c2nccc(C#N)c2Cl)C1. The largest absolute Gasteiger partial charge is 0.481 e. The first-order valence-electron chi connectivity index (χ1n) is 6.01. The summed E-state index contributed by atoms with van der Waals surface area (Å²) in [7, 11) is 0. The Morgan fingerprint density at radius 2 is 2.42 bits per heavy atom. The number of carbonyl (C=O) groups is 1. The van der Waals surface area contributed by atoms with E-state index in [4.69, 9.17) is 16.9 Å². The fourth-order valence-electron chi connectivity index (χ4n) is 2.33. The molecule has 0 bridgehead atoms. The summed E-state index contributed by atoms with van der Waals surface area (Å²) in [6, 6.07) is 3.55. The van der Waals surface area contributed by atoms with Crippen LogP contribution in [0.15, 0.2) is 12.3 Å². The second-order valence-electron chi connectivity index (χ2n) is 5.00. The lowest BCUT2D eigenvalue weighted by Gasteiger charge is -2.38. The first kappa shape index (κ1) is 13.6. The zero-order valence-electron chi connectivity index (χ0n) is 10.6. The molecule has 19 heavy (non-hydrogen) atoms. The number of halogens is 1. The number of carboxylic acids is 1. The third-order valence-corrected chi connectivity index (χ3v) is 3.88. The van der Waals surface area contributed by atoms with E-state index < -0.39 is 11.4 Å². The maximum absolute atomic E-state index is 11.3. The highest BCUT2D eigenvalue weighted by Crippen LogP contribution is 2.35. The molecule has 2 heterocycles. The van der Waals surface area contributed by atoms with Crippen molar-refractivity contribution >= 4 is 23.4 Å². The Labute approximate surface area is 116 Å². The van der Waals surface area contributed by atoms with Gasteiger partial charge in [-0.05, 0) is 25.8 Å². The van der Waals surface area contributed by atoms with Gasteiger partial charge < -0.3 is 10.0 Å². The van der Waals surface area contributed by atoms with E-state index in [9.17, 15) is 9.90 Å². The molecule has 6 heteroatoms. The highest BCUT2D eigenvalue weighted by Gasteiger charge is 2.38. The van der Waals surface area contributed by atoms with Crippen LogP contribution in [0.5, 0.6) is 0 Å². The molecule has 2 rings (SSSR count). The van der Waals surface area contributed by atoms with Crippen LogP contribution < -0.4 is 4.90 Å². The highest BCUT2D eigenvalue weighted by molar-refractivity contribution is 6.34. The van der Waals surface area contributed by atoms with Gasteiger partial charge in [-0.2, -0.15) is 5.26 Å². The molecular weight excluding hydrogens is 266 g/mol. The van der Waals surface area contributed by atoms with Gasteiger partial charge in [-0.25, -0.2) is 4.98 Å². The van der Waals surface area contributed by atoms with E-state index in [1.54, 1.807) is 13.0 Å². The van der Waals surface area contributed by atoms with Gasteiger partial charge in [0.15, 0.2) is 0 Å². The predicted molar refractivity (Wildman–Crippen MR) is 71.2 cm³/mol. The second kappa shape index (κ2) is 5.06. The summed E-state index contributed by atoms with van der Waals surface area (Å²) >= 11 is 6.14. The van der Waals surface area contributed by atoms with Gasteiger partial charge >= 0.3 is 5.97 Å². The van der Waals surface area contributed by atoms with E-state index in [1.807, 2.05) is 11.0 Å². The van der Waals surface area contributed by atoms with Gasteiger partial charge in [0.25, 0.3) is 0 Å². The van der Waals surface area contributed by atoms with Crippen molar-refractivity contribution < 1.29 is 9.90 Å². The van der Waals surface area contributed by atoms with Crippen LogP contribution in [-0.2, 0) is 4.79 Å².